The lowest BCUT2D eigenvalue weighted by Crippen LogP contribution is -2.55. The van der Waals surface area contributed by atoms with E-state index in [1.54, 1.807) is 21.6 Å². The number of nitrogens with two attached hydrogens (primary N) is 1. The lowest BCUT2D eigenvalue weighted by atomic mass is 9.83. The minimum atomic E-state index is -3.86. The minimum absolute atomic E-state index is 0.0215. The molecule has 0 radical (unpaired) electrons. The molecule has 5 rings (SSSR count). The second-order valence-electron chi connectivity index (χ2n) is 9.85. The SMILES string of the molecule is NS(=O)(=O)c1ccc(NC(=O)[C@H](Cc2ccccc2)NC(=O)N2C[C@@H]3C[C@H](C2)c2cccc(=O)n2C3)cc1. The number of primary sulfonamides is 1. The third kappa shape index (κ3) is 5.63. The highest BCUT2D eigenvalue weighted by molar-refractivity contribution is 7.89. The molecule has 3 aromatic rings. The molecule has 38 heavy (non-hydrogen) atoms. The van der Waals surface area contributed by atoms with Gasteiger partial charge in [-0.15, -0.1) is 0 Å². The maximum Gasteiger partial charge on any atom is 0.318 e. The number of hydrogen-bond acceptors (Lipinski definition) is 5. The van der Waals surface area contributed by atoms with Crippen LogP contribution in [-0.2, 0) is 27.8 Å². The zero-order chi connectivity index (χ0) is 26.9. The number of likely N-dealkylation sites (tertiary alicyclic amines) is 1. The van der Waals surface area contributed by atoms with Crippen LogP contribution in [0.5, 0.6) is 0 Å². The molecule has 0 saturated carbocycles. The number of hydrogen-bond donors (Lipinski definition) is 3. The van der Waals surface area contributed by atoms with Crippen LogP contribution in [-0.4, -0.2) is 49.0 Å². The molecule has 10 nitrogen and oxygen atoms in total. The van der Waals surface area contributed by atoms with E-state index in [1.165, 1.54) is 24.3 Å². The summed E-state index contributed by atoms with van der Waals surface area (Å²) in [6.07, 6.45) is 1.18. The fourth-order valence-corrected chi connectivity index (χ4v) is 5.83. The van der Waals surface area contributed by atoms with Crippen LogP contribution in [0.15, 0.2) is 82.5 Å². The van der Waals surface area contributed by atoms with Crippen molar-refractivity contribution in [1.82, 2.24) is 14.8 Å². The average Bonchev–Trinajstić information content (AvgIpc) is 2.89. The Morgan fingerprint density at radius 2 is 1.68 bits per heavy atom. The van der Waals surface area contributed by atoms with Crippen molar-refractivity contribution in [2.75, 3.05) is 18.4 Å². The number of nitrogens with zero attached hydrogens (tertiary/aromatic N) is 2. The number of anilines is 1. The number of carbonyl (C=O) groups is 2. The molecule has 1 fully saturated rings. The number of pyridine rings is 1. The van der Waals surface area contributed by atoms with Crippen molar-refractivity contribution in [3.05, 3.63) is 94.4 Å². The summed E-state index contributed by atoms with van der Waals surface area (Å²) in [5.74, 6) is -0.216. The Morgan fingerprint density at radius 3 is 2.39 bits per heavy atom. The lowest BCUT2D eigenvalue weighted by Gasteiger charge is -2.43. The highest BCUT2D eigenvalue weighted by Gasteiger charge is 2.37. The Kier molecular flexibility index (Phi) is 7.04. The van der Waals surface area contributed by atoms with Gasteiger partial charge in [0.05, 0.1) is 4.90 Å². The summed E-state index contributed by atoms with van der Waals surface area (Å²) in [4.78, 5) is 40.7. The summed E-state index contributed by atoms with van der Waals surface area (Å²) >= 11 is 0. The third-order valence-corrected chi connectivity index (χ3v) is 8.04. The molecule has 198 valence electrons. The van der Waals surface area contributed by atoms with Crippen molar-refractivity contribution in [2.45, 2.75) is 36.2 Å². The average molecular weight is 536 g/mol. The molecule has 11 heteroatoms. The van der Waals surface area contributed by atoms with E-state index in [0.717, 1.165) is 17.7 Å². The molecule has 0 aliphatic carbocycles. The number of sulfonamides is 1. The second kappa shape index (κ2) is 10.4. The lowest BCUT2D eigenvalue weighted by molar-refractivity contribution is -0.118. The molecule has 1 aromatic heterocycles. The van der Waals surface area contributed by atoms with E-state index in [2.05, 4.69) is 10.6 Å². The second-order valence-corrected chi connectivity index (χ2v) is 11.4. The topological polar surface area (TPSA) is 144 Å². The summed E-state index contributed by atoms with van der Waals surface area (Å²) in [6, 6.07) is 18.9. The van der Waals surface area contributed by atoms with Gasteiger partial charge in [0.2, 0.25) is 15.9 Å². The van der Waals surface area contributed by atoms with Gasteiger partial charge in [-0.3, -0.25) is 9.59 Å². The van der Waals surface area contributed by atoms with Crippen LogP contribution in [0.2, 0.25) is 0 Å². The molecule has 2 aliphatic rings. The predicted molar refractivity (Wildman–Crippen MR) is 142 cm³/mol. The molecular weight excluding hydrogens is 506 g/mol. The van der Waals surface area contributed by atoms with Crippen LogP contribution >= 0.6 is 0 Å². The van der Waals surface area contributed by atoms with Gasteiger partial charge < -0.3 is 20.1 Å². The number of amides is 3. The van der Waals surface area contributed by atoms with Gasteiger partial charge in [0.15, 0.2) is 0 Å². The Morgan fingerprint density at radius 1 is 0.947 bits per heavy atom. The maximum atomic E-state index is 13.4. The molecular formula is C27H29N5O5S. The summed E-state index contributed by atoms with van der Waals surface area (Å²) in [7, 11) is -3.86. The van der Waals surface area contributed by atoms with Gasteiger partial charge in [-0.05, 0) is 48.2 Å². The van der Waals surface area contributed by atoms with E-state index in [-0.39, 0.29) is 34.7 Å². The quantitative estimate of drug-likeness (QED) is 0.442. The first-order valence-corrected chi connectivity index (χ1v) is 13.9. The first-order valence-electron chi connectivity index (χ1n) is 12.4. The van der Waals surface area contributed by atoms with E-state index in [9.17, 15) is 22.8 Å². The Balaban J connectivity index is 1.32. The van der Waals surface area contributed by atoms with Crippen LogP contribution in [0.25, 0.3) is 0 Å². The van der Waals surface area contributed by atoms with Gasteiger partial charge in [-0.25, -0.2) is 18.4 Å². The van der Waals surface area contributed by atoms with E-state index >= 15 is 0 Å². The van der Waals surface area contributed by atoms with Crippen LogP contribution in [0.4, 0.5) is 10.5 Å². The van der Waals surface area contributed by atoms with Gasteiger partial charge in [-0.2, -0.15) is 0 Å². The normalized spacial score (nSPS) is 19.2. The van der Waals surface area contributed by atoms with Crippen molar-refractivity contribution in [2.24, 2.45) is 11.1 Å². The smallest absolute Gasteiger partial charge is 0.318 e. The Hall–Kier alpha value is -3.96. The zero-order valence-corrected chi connectivity index (χ0v) is 21.4. The van der Waals surface area contributed by atoms with Crippen molar-refractivity contribution in [1.29, 1.82) is 0 Å². The van der Waals surface area contributed by atoms with E-state index in [4.69, 9.17) is 5.14 Å². The number of fused-ring (bicyclic) bond motifs is 4. The monoisotopic (exact) mass is 535 g/mol. The molecule has 2 aliphatic heterocycles. The fourth-order valence-electron chi connectivity index (χ4n) is 5.32. The number of carbonyl (C=O) groups excluding carboxylic acids is 2. The molecule has 2 bridgehead atoms. The van der Waals surface area contributed by atoms with Crippen molar-refractivity contribution < 1.29 is 18.0 Å². The van der Waals surface area contributed by atoms with E-state index in [0.29, 0.717) is 25.3 Å². The first-order chi connectivity index (χ1) is 18.2. The molecule has 1 saturated heterocycles. The molecule has 0 unspecified atom stereocenters. The van der Waals surface area contributed by atoms with Gasteiger partial charge in [-0.1, -0.05) is 36.4 Å². The molecule has 3 amide bonds. The van der Waals surface area contributed by atoms with Gasteiger partial charge in [0.25, 0.3) is 5.56 Å². The molecule has 4 N–H and O–H groups in total. The van der Waals surface area contributed by atoms with Crippen molar-refractivity contribution in [3.63, 3.8) is 0 Å². The third-order valence-electron chi connectivity index (χ3n) is 7.11. The molecule has 2 aromatic carbocycles. The summed E-state index contributed by atoms with van der Waals surface area (Å²) in [5.41, 5.74) is 2.17. The number of rotatable bonds is 6. The highest BCUT2D eigenvalue weighted by atomic mass is 32.2. The van der Waals surface area contributed by atoms with Gasteiger partial charge in [0, 0.05) is 49.4 Å². The Labute approximate surface area is 220 Å². The van der Waals surface area contributed by atoms with E-state index in [1.807, 2.05) is 36.4 Å². The highest BCUT2D eigenvalue weighted by Crippen LogP contribution is 2.35. The summed E-state index contributed by atoms with van der Waals surface area (Å²) < 4.78 is 24.9. The number of benzene rings is 2. The van der Waals surface area contributed by atoms with Crippen LogP contribution < -0.4 is 21.3 Å². The first kappa shape index (κ1) is 25.7. The fraction of sp³-hybridized carbons (Fsp3) is 0.296. The standard InChI is InChI=1S/C27H29N5O5S/c28-38(36,37)22-11-9-21(10-12-22)29-26(34)23(14-18-5-2-1-3-6-18)30-27(35)31-15-19-13-20(17-31)24-7-4-8-25(33)32(24)16-19/h1-12,19-20,23H,13-17H2,(H,29,34)(H,30,35)(H2,28,36,37)/t19-,20+,23-/m0/s1. The number of aromatic nitrogens is 1. The van der Waals surface area contributed by atoms with Crippen molar-refractivity contribution in [3.8, 4) is 0 Å². The van der Waals surface area contributed by atoms with E-state index < -0.39 is 22.0 Å². The van der Waals surface area contributed by atoms with Gasteiger partial charge >= 0.3 is 6.03 Å². The summed E-state index contributed by atoms with van der Waals surface area (Å²) in [5, 5.41) is 10.8. The summed E-state index contributed by atoms with van der Waals surface area (Å²) in [6.45, 7) is 1.52. The van der Waals surface area contributed by atoms with Crippen LogP contribution in [0.3, 0.4) is 0 Å². The zero-order valence-electron chi connectivity index (χ0n) is 20.6. The largest absolute Gasteiger partial charge is 0.326 e. The van der Waals surface area contributed by atoms with Crippen LogP contribution in [0, 0.1) is 5.92 Å². The maximum absolute atomic E-state index is 13.4. The minimum Gasteiger partial charge on any atom is -0.326 e. The number of piperidine rings is 1. The molecule has 0 spiro atoms. The van der Waals surface area contributed by atoms with Gasteiger partial charge in [0.1, 0.15) is 6.04 Å². The number of urea groups is 1. The van der Waals surface area contributed by atoms with Crippen molar-refractivity contribution >= 4 is 27.6 Å². The van der Waals surface area contributed by atoms with Crippen LogP contribution in [0.1, 0.15) is 23.6 Å². The molecule has 3 atom stereocenters. The molecule has 3 heterocycles. The Bertz CT molecular complexity index is 1500. The number of nitrogens with one attached hydrogen (secondary N) is 2. The predicted octanol–water partition coefficient (Wildman–Crippen LogP) is 1.87.